The van der Waals surface area contributed by atoms with Crippen molar-refractivity contribution in [2.24, 2.45) is 10.9 Å². The number of aromatic nitrogens is 2. The van der Waals surface area contributed by atoms with Crippen LogP contribution in [-0.4, -0.2) is 48.0 Å². The molecule has 0 unspecified atom stereocenters. The van der Waals surface area contributed by atoms with Crippen LogP contribution in [0.25, 0.3) is 0 Å². The minimum Gasteiger partial charge on any atom is -0.381 e. The maximum atomic E-state index is 12.1. The number of benzene rings is 1. The van der Waals surface area contributed by atoms with Gasteiger partial charge < -0.3 is 20.7 Å². The van der Waals surface area contributed by atoms with Crippen LogP contribution in [0.5, 0.6) is 0 Å². The molecule has 0 spiro atoms. The Bertz CT molecular complexity index is 774. The SMILES string of the molecule is CCNC(=NCc1cccc(NC(=O)Cn2cccn2)c1)NCCCOCC(C)C. The summed E-state index contributed by atoms with van der Waals surface area (Å²) in [6.07, 6.45) is 4.34. The number of nitrogens with one attached hydrogen (secondary N) is 3. The summed E-state index contributed by atoms with van der Waals surface area (Å²) in [7, 11) is 0. The molecule has 3 N–H and O–H groups in total. The smallest absolute Gasteiger partial charge is 0.246 e. The number of carbonyl (C=O) groups is 1. The van der Waals surface area contributed by atoms with Gasteiger partial charge in [-0.1, -0.05) is 26.0 Å². The van der Waals surface area contributed by atoms with Crippen LogP contribution >= 0.6 is 0 Å². The van der Waals surface area contributed by atoms with Crippen LogP contribution in [0.2, 0.25) is 0 Å². The summed E-state index contributed by atoms with van der Waals surface area (Å²) < 4.78 is 7.19. The Morgan fingerprint density at radius 2 is 2.13 bits per heavy atom. The van der Waals surface area contributed by atoms with Crippen molar-refractivity contribution in [1.29, 1.82) is 0 Å². The summed E-state index contributed by atoms with van der Waals surface area (Å²) in [5.41, 5.74) is 1.77. The van der Waals surface area contributed by atoms with E-state index in [1.165, 1.54) is 0 Å². The molecule has 1 aromatic heterocycles. The van der Waals surface area contributed by atoms with Gasteiger partial charge in [0.2, 0.25) is 5.91 Å². The predicted octanol–water partition coefficient (Wildman–Crippen LogP) is 2.64. The van der Waals surface area contributed by atoms with Crippen LogP contribution in [-0.2, 0) is 22.6 Å². The minimum atomic E-state index is -0.117. The quantitative estimate of drug-likeness (QED) is 0.282. The van der Waals surface area contributed by atoms with Crippen molar-refractivity contribution in [1.82, 2.24) is 20.4 Å². The molecule has 164 valence electrons. The van der Waals surface area contributed by atoms with Gasteiger partial charge in [0.25, 0.3) is 0 Å². The summed E-state index contributed by atoms with van der Waals surface area (Å²) in [5.74, 6) is 1.21. The first-order chi connectivity index (χ1) is 14.6. The van der Waals surface area contributed by atoms with E-state index >= 15 is 0 Å². The van der Waals surface area contributed by atoms with E-state index in [2.05, 4.69) is 39.9 Å². The van der Waals surface area contributed by atoms with Crippen molar-refractivity contribution in [2.45, 2.75) is 40.3 Å². The minimum absolute atomic E-state index is 0.117. The Hall–Kier alpha value is -2.87. The lowest BCUT2D eigenvalue weighted by Crippen LogP contribution is -2.38. The molecule has 0 saturated heterocycles. The lowest BCUT2D eigenvalue weighted by molar-refractivity contribution is -0.116. The highest BCUT2D eigenvalue weighted by molar-refractivity contribution is 5.90. The average molecular weight is 415 g/mol. The molecule has 0 fully saturated rings. The molecular formula is C22H34N6O2. The summed E-state index contributed by atoms with van der Waals surface area (Å²) in [5, 5.41) is 13.5. The van der Waals surface area contributed by atoms with Crippen molar-refractivity contribution in [3.05, 3.63) is 48.3 Å². The monoisotopic (exact) mass is 414 g/mol. The largest absolute Gasteiger partial charge is 0.381 e. The zero-order valence-corrected chi connectivity index (χ0v) is 18.2. The van der Waals surface area contributed by atoms with Crippen LogP contribution in [0.15, 0.2) is 47.7 Å². The third-order valence-electron chi connectivity index (χ3n) is 4.05. The van der Waals surface area contributed by atoms with Crippen LogP contribution in [0, 0.1) is 5.92 Å². The Labute approximate surface area is 179 Å². The number of hydrogen-bond acceptors (Lipinski definition) is 4. The molecule has 0 radical (unpaired) electrons. The van der Waals surface area contributed by atoms with Crippen molar-refractivity contribution in [2.75, 3.05) is 31.6 Å². The average Bonchev–Trinajstić information content (AvgIpc) is 3.21. The van der Waals surface area contributed by atoms with Crippen LogP contribution in [0.3, 0.4) is 0 Å². The fraction of sp³-hybridized carbons (Fsp3) is 0.500. The van der Waals surface area contributed by atoms with Gasteiger partial charge in [-0.25, -0.2) is 4.99 Å². The van der Waals surface area contributed by atoms with Crippen molar-refractivity contribution in [3.63, 3.8) is 0 Å². The lowest BCUT2D eigenvalue weighted by Gasteiger charge is -2.12. The maximum absolute atomic E-state index is 12.1. The van der Waals surface area contributed by atoms with Gasteiger partial charge in [-0.2, -0.15) is 5.10 Å². The van der Waals surface area contributed by atoms with E-state index in [9.17, 15) is 4.79 Å². The number of hydrogen-bond donors (Lipinski definition) is 3. The van der Waals surface area contributed by atoms with Gasteiger partial charge in [0.1, 0.15) is 6.54 Å². The van der Waals surface area contributed by atoms with Crippen molar-refractivity contribution >= 4 is 17.6 Å². The fourth-order valence-corrected chi connectivity index (χ4v) is 2.70. The number of guanidine groups is 1. The molecule has 1 heterocycles. The normalized spacial score (nSPS) is 11.5. The molecule has 8 heteroatoms. The van der Waals surface area contributed by atoms with E-state index < -0.39 is 0 Å². The highest BCUT2D eigenvalue weighted by atomic mass is 16.5. The maximum Gasteiger partial charge on any atom is 0.246 e. The highest BCUT2D eigenvalue weighted by Crippen LogP contribution is 2.11. The van der Waals surface area contributed by atoms with E-state index in [0.717, 1.165) is 49.9 Å². The molecule has 0 saturated carbocycles. The predicted molar refractivity (Wildman–Crippen MR) is 120 cm³/mol. The van der Waals surface area contributed by atoms with Gasteiger partial charge in [0.05, 0.1) is 6.54 Å². The number of nitrogens with zero attached hydrogens (tertiary/aromatic N) is 3. The van der Waals surface area contributed by atoms with E-state index in [4.69, 9.17) is 4.74 Å². The van der Waals surface area contributed by atoms with E-state index in [1.54, 1.807) is 23.1 Å². The van der Waals surface area contributed by atoms with Crippen LogP contribution in [0.4, 0.5) is 5.69 Å². The van der Waals surface area contributed by atoms with Gasteiger partial charge in [-0.15, -0.1) is 0 Å². The molecule has 0 atom stereocenters. The van der Waals surface area contributed by atoms with Gasteiger partial charge in [0.15, 0.2) is 5.96 Å². The molecule has 0 aliphatic rings. The van der Waals surface area contributed by atoms with E-state index in [-0.39, 0.29) is 12.5 Å². The molecule has 2 rings (SSSR count). The molecule has 0 aliphatic heterocycles. The molecule has 30 heavy (non-hydrogen) atoms. The van der Waals surface area contributed by atoms with Crippen LogP contribution in [0.1, 0.15) is 32.8 Å². The number of carbonyl (C=O) groups excluding carboxylic acids is 1. The second-order valence-electron chi connectivity index (χ2n) is 7.40. The lowest BCUT2D eigenvalue weighted by atomic mass is 10.2. The Morgan fingerprint density at radius 3 is 2.87 bits per heavy atom. The Morgan fingerprint density at radius 1 is 1.27 bits per heavy atom. The number of amides is 1. The summed E-state index contributed by atoms with van der Waals surface area (Å²) >= 11 is 0. The van der Waals surface area contributed by atoms with Gasteiger partial charge in [-0.3, -0.25) is 9.48 Å². The fourth-order valence-electron chi connectivity index (χ4n) is 2.70. The second-order valence-corrected chi connectivity index (χ2v) is 7.40. The molecule has 1 amide bonds. The van der Waals surface area contributed by atoms with E-state index in [1.807, 2.05) is 31.2 Å². The van der Waals surface area contributed by atoms with Crippen molar-refractivity contribution in [3.8, 4) is 0 Å². The molecule has 0 aliphatic carbocycles. The van der Waals surface area contributed by atoms with Crippen molar-refractivity contribution < 1.29 is 9.53 Å². The number of anilines is 1. The van der Waals surface area contributed by atoms with Gasteiger partial charge in [0, 0.05) is 44.4 Å². The molecule has 1 aromatic carbocycles. The van der Waals surface area contributed by atoms with E-state index in [0.29, 0.717) is 12.5 Å². The summed E-state index contributed by atoms with van der Waals surface area (Å²) in [4.78, 5) is 16.8. The zero-order chi connectivity index (χ0) is 21.6. The zero-order valence-electron chi connectivity index (χ0n) is 18.2. The molecule has 8 nitrogen and oxygen atoms in total. The first kappa shape index (κ1) is 23.4. The number of aliphatic imine (C=N–C) groups is 1. The number of ether oxygens (including phenoxy) is 1. The molecular weight excluding hydrogens is 380 g/mol. The summed E-state index contributed by atoms with van der Waals surface area (Å²) in [6.45, 7) is 10.2. The van der Waals surface area contributed by atoms with Crippen LogP contribution < -0.4 is 16.0 Å². The van der Waals surface area contributed by atoms with Gasteiger partial charge >= 0.3 is 0 Å². The number of rotatable bonds is 12. The Kier molecular flexibility index (Phi) is 10.4. The highest BCUT2D eigenvalue weighted by Gasteiger charge is 2.05. The third-order valence-corrected chi connectivity index (χ3v) is 4.05. The first-order valence-corrected chi connectivity index (χ1v) is 10.5. The third kappa shape index (κ3) is 9.56. The Balaban J connectivity index is 1.81. The second kappa shape index (κ2) is 13.4. The molecule has 2 aromatic rings. The molecule has 0 bridgehead atoms. The first-order valence-electron chi connectivity index (χ1n) is 10.5. The van der Waals surface area contributed by atoms with Gasteiger partial charge in [-0.05, 0) is 43.0 Å². The summed E-state index contributed by atoms with van der Waals surface area (Å²) in [6, 6.07) is 9.51. The topological polar surface area (TPSA) is 92.6 Å². The standard InChI is InChI=1S/C22H34N6O2/c1-4-23-22(24-10-7-13-30-17-18(2)3)25-15-19-8-5-9-20(14-19)27-21(29)16-28-12-6-11-26-28/h5-6,8-9,11-12,14,18H,4,7,10,13,15-17H2,1-3H3,(H,27,29)(H2,23,24,25).